The Labute approximate surface area is 137 Å². The van der Waals surface area contributed by atoms with Crippen molar-refractivity contribution in [3.8, 4) is 0 Å². The van der Waals surface area contributed by atoms with E-state index >= 15 is 0 Å². The highest BCUT2D eigenvalue weighted by Crippen LogP contribution is 2.63. The first-order valence-electron chi connectivity index (χ1n) is 9.10. The van der Waals surface area contributed by atoms with E-state index in [1.54, 1.807) is 11.6 Å². The number of hydrogen-bond donors (Lipinski definition) is 1. The molecule has 0 heterocycles. The molecule has 0 aliphatic heterocycles. The molecule has 0 spiro atoms. The molecule has 0 radical (unpaired) electrons. The summed E-state index contributed by atoms with van der Waals surface area (Å²) >= 11 is 0. The van der Waals surface area contributed by atoms with Gasteiger partial charge in [-0.1, -0.05) is 45.4 Å². The van der Waals surface area contributed by atoms with E-state index < -0.39 is 5.60 Å². The molecule has 1 fully saturated rings. The van der Waals surface area contributed by atoms with Gasteiger partial charge in [-0.05, 0) is 74.5 Å². The molecule has 2 rings (SSSR count). The Bertz CT molecular complexity index is 461. The van der Waals surface area contributed by atoms with Gasteiger partial charge in [-0.25, -0.2) is 0 Å². The molecule has 0 saturated heterocycles. The maximum absolute atomic E-state index is 10.4. The minimum Gasteiger partial charge on any atom is -0.386 e. The van der Waals surface area contributed by atoms with Crippen LogP contribution in [-0.4, -0.2) is 10.7 Å². The monoisotopic (exact) mass is 304 g/mol. The van der Waals surface area contributed by atoms with Crippen molar-refractivity contribution in [1.82, 2.24) is 0 Å². The van der Waals surface area contributed by atoms with Crippen LogP contribution in [0.1, 0.15) is 73.6 Å². The fourth-order valence-electron chi connectivity index (χ4n) is 5.51. The Morgan fingerprint density at radius 2 is 2.05 bits per heavy atom. The molecule has 1 N–H and O–H groups in total. The van der Waals surface area contributed by atoms with Gasteiger partial charge in [-0.2, -0.15) is 0 Å². The van der Waals surface area contributed by atoms with Crippen molar-refractivity contribution in [3.63, 3.8) is 0 Å². The summed E-state index contributed by atoms with van der Waals surface area (Å²) in [4.78, 5) is 0. The Morgan fingerprint density at radius 3 is 2.64 bits per heavy atom. The lowest BCUT2D eigenvalue weighted by Crippen LogP contribution is -2.53. The Kier molecular flexibility index (Phi) is 4.70. The van der Waals surface area contributed by atoms with E-state index in [1.807, 2.05) is 6.92 Å². The number of aliphatic hydroxyl groups is 1. The number of hydrogen-bond acceptors (Lipinski definition) is 1. The topological polar surface area (TPSA) is 20.2 Å². The third-order valence-electron chi connectivity index (χ3n) is 7.49. The van der Waals surface area contributed by atoms with Gasteiger partial charge < -0.3 is 5.11 Å². The van der Waals surface area contributed by atoms with Crippen LogP contribution in [0.4, 0.5) is 0 Å². The highest BCUT2D eigenvalue weighted by atomic mass is 16.3. The van der Waals surface area contributed by atoms with Crippen LogP contribution in [0.15, 0.2) is 24.3 Å². The predicted octanol–water partition coefficient (Wildman–Crippen LogP) is 5.75. The zero-order chi connectivity index (χ0) is 16.8. The summed E-state index contributed by atoms with van der Waals surface area (Å²) in [7, 11) is 0. The van der Waals surface area contributed by atoms with Crippen LogP contribution in [0.3, 0.4) is 0 Å². The predicted molar refractivity (Wildman–Crippen MR) is 95.7 cm³/mol. The van der Waals surface area contributed by atoms with E-state index in [4.69, 9.17) is 0 Å². The van der Waals surface area contributed by atoms with Crippen molar-refractivity contribution in [2.24, 2.45) is 28.6 Å². The van der Waals surface area contributed by atoms with Crippen molar-refractivity contribution in [1.29, 1.82) is 0 Å². The maximum atomic E-state index is 10.4. The van der Waals surface area contributed by atoms with Crippen LogP contribution in [0, 0.1) is 28.6 Å². The summed E-state index contributed by atoms with van der Waals surface area (Å²) in [5, 5.41) is 10.4. The van der Waals surface area contributed by atoms with Crippen molar-refractivity contribution in [2.75, 3.05) is 0 Å². The molecule has 0 aromatic carbocycles. The second-order valence-corrected chi connectivity index (χ2v) is 9.00. The lowest BCUT2D eigenvalue weighted by molar-refractivity contribution is -0.0817. The van der Waals surface area contributed by atoms with Crippen LogP contribution >= 0.6 is 0 Å². The molecule has 6 unspecified atom stereocenters. The van der Waals surface area contributed by atoms with E-state index in [1.165, 1.54) is 19.3 Å². The van der Waals surface area contributed by atoms with Crippen molar-refractivity contribution in [2.45, 2.75) is 79.2 Å². The second-order valence-electron chi connectivity index (χ2n) is 9.00. The lowest BCUT2D eigenvalue weighted by Gasteiger charge is -2.60. The highest BCUT2D eigenvalue weighted by molar-refractivity contribution is 5.22. The van der Waals surface area contributed by atoms with E-state index in [2.05, 4.69) is 47.3 Å². The first-order chi connectivity index (χ1) is 10.1. The minimum atomic E-state index is -0.737. The fraction of sp³-hybridized carbons (Fsp3) is 0.810. The Morgan fingerprint density at radius 1 is 1.41 bits per heavy atom. The summed E-state index contributed by atoms with van der Waals surface area (Å²) in [6.07, 6.45) is 9.93. The van der Waals surface area contributed by atoms with Crippen LogP contribution in [-0.2, 0) is 0 Å². The summed E-state index contributed by atoms with van der Waals surface area (Å²) in [6, 6.07) is 0. The molecule has 22 heavy (non-hydrogen) atoms. The van der Waals surface area contributed by atoms with Gasteiger partial charge in [0.25, 0.3) is 0 Å². The van der Waals surface area contributed by atoms with Crippen molar-refractivity contribution < 1.29 is 5.11 Å². The molecule has 6 atom stereocenters. The molecule has 1 nitrogen and oxygen atoms in total. The smallest absolute Gasteiger partial charge is 0.0797 e. The van der Waals surface area contributed by atoms with E-state index in [9.17, 15) is 5.11 Å². The van der Waals surface area contributed by atoms with E-state index in [0.29, 0.717) is 10.8 Å². The van der Waals surface area contributed by atoms with Crippen molar-refractivity contribution in [3.05, 3.63) is 24.3 Å². The molecule has 2 aliphatic carbocycles. The molecular weight excluding hydrogens is 268 g/mol. The third-order valence-corrected chi connectivity index (χ3v) is 7.49. The summed E-state index contributed by atoms with van der Waals surface area (Å²) in [6.45, 7) is 17.9. The number of allylic oxidation sites excluding steroid dienone is 2. The van der Waals surface area contributed by atoms with Crippen molar-refractivity contribution >= 4 is 0 Å². The normalized spacial score (nSPS) is 44.7. The Hall–Kier alpha value is -0.560. The van der Waals surface area contributed by atoms with Gasteiger partial charge in [0.2, 0.25) is 0 Å². The van der Waals surface area contributed by atoms with Crippen LogP contribution in [0.25, 0.3) is 0 Å². The molecule has 2 aliphatic rings. The van der Waals surface area contributed by atoms with Gasteiger partial charge in [-0.3, -0.25) is 0 Å². The van der Waals surface area contributed by atoms with Gasteiger partial charge in [-0.15, -0.1) is 6.58 Å². The van der Waals surface area contributed by atoms with E-state index in [0.717, 1.165) is 30.6 Å². The Balaban J connectivity index is 2.35. The zero-order valence-electron chi connectivity index (χ0n) is 15.6. The first-order valence-corrected chi connectivity index (χ1v) is 9.10. The van der Waals surface area contributed by atoms with Gasteiger partial charge in [0.15, 0.2) is 0 Å². The lowest BCUT2D eigenvalue weighted by atomic mass is 9.44. The van der Waals surface area contributed by atoms with E-state index in [-0.39, 0.29) is 0 Å². The highest BCUT2D eigenvalue weighted by Gasteiger charge is 2.55. The van der Waals surface area contributed by atoms with Gasteiger partial charge in [0, 0.05) is 0 Å². The maximum Gasteiger partial charge on any atom is 0.0797 e. The largest absolute Gasteiger partial charge is 0.386 e. The molecule has 126 valence electrons. The zero-order valence-corrected chi connectivity index (χ0v) is 15.6. The van der Waals surface area contributed by atoms with Gasteiger partial charge in [0.1, 0.15) is 0 Å². The van der Waals surface area contributed by atoms with Crippen LogP contribution in [0.5, 0.6) is 0 Å². The van der Waals surface area contributed by atoms with Crippen LogP contribution < -0.4 is 0 Å². The molecule has 1 saturated carbocycles. The fourth-order valence-corrected chi connectivity index (χ4v) is 5.51. The second kappa shape index (κ2) is 5.82. The number of rotatable bonds is 4. The standard InChI is InChI=1S/C21H36O/c1-8-19(5,22)13-14-21(7)17(4)11-12-20(6)16(3)10-9-15(2)18(20)21/h8,10,15,17-18,22H,1,9,11-14H2,2-7H3. The number of fused-ring (bicyclic) bond motifs is 1. The minimum absolute atomic E-state index is 0.301. The van der Waals surface area contributed by atoms with Gasteiger partial charge >= 0.3 is 0 Å². The molecule has 0 amide bonds. The van der Waals surface area contributed by atoms with Gasteiger partial charge in [0.05, 0.1) is 5.60 Å². The summed E-state index contributed by atoms with van der Waals surface area (Å²) in [5.41, 5.74) is 1.51. The molecule has 0 aromatic heterocycles. The molecule has 0 bridgehead atoms. The average Bonchev–Trinajstić information content (AvgIpc) is 2.46. The van der Waals surface area contributed by atoms with Crippen LogP contribution in [0.2, 0.25) is 0 Å². The third kappa shape index (κ3) is 2.82. The summed E-state index contributed by atoms with van der Waals surface area (Å²) < 4.78 is 0. The first kappa shape index (κ1) is 17.8. The molecule has 0 aromatic rings. The molecule has 1 heteroatoms. The summed E-state index contributed by atoms with van der Waals surface area (Å²) in [5.74, 6) is 2.17. The quantitative estimate of drug-likeness (QED) is 0.656. The SMILES string of the molecule is C=CC(C)(O)CCC1(C)C(C)CCC2(C)C(C)=CCC(C)C21. The molecular formula is C21H36O. The average molecular weight is 305 g/mol.